The molecule has 26 heavy (non-hydrogen) atoms. The van der Waals surface area contributed by atoms with E-state index >= 15 is 0 Å². The predicted molar refractivity (Wildman–Crippen MR) is 98.0 cm³/mol. The summed E-state index contributed by atoms with van der Waals surface area (Å²) >= 11 is 0. The molecular formula is C17H25N9. The van der Waals surface area contributed by atoms with Gasteiger partial charge in [0.05, 0.1) is 6.07 Å². The topological polar surface area (TPSA) is 110 Å². The van der Waals surface area contributed by atoms with E-state index in [4.69, 9.17) is 5.26 Å². The van der Waals surface area contributed by atoms with Gasteiger partial charge in [-0.2, -0.15) is 15.3 Å². The van der Waals surface area contributed by atoms with Crippen molar-refractivity contribution in [3.05, 3.63) is 11.8 Å². The first-order valence-electron chi connectivity index (χ1n) is 9.21. The fourth-order valence-electron chi connectivity index (χ4n) is 4.27. The van der Waals surface area contributed by atoms with E-state index in [1.54, 1.807) is 4.68 Å². The van der Waals surface area contributed by atoms with Crippen molar-refractivity contribution in [2.24, 2.45) is 7.05 Å². The lowest BCUT2D eigenvalue weighted by atomic mass is 9.97. The van der Waals surface area contributed by atoms with Gasteiger partial charge in [0.2, 0.25) is 11.9 Å². The highest BCUT2D eigenvalue weighted by atomic mass is 15.4. The van der Waals surface area contributed by atoms with Crippen molar-refractivity contribution >= 4 is 17.7 Å². The van der Waals surface area contributed by atoms with Crippen molar-refractivity contribution in [1.82, 2.24) is 29.9 Å². The summed E-state index contributed by atoms with van der Waals surface area (Å²) in [6.07, 6.45) is 5.25. The molecule has 2 unspecified atom stereocenters. The summed E-state index contributed by atoms with van der Waals surface area (Å²) < 4.78 is 1.73. The molecule has 0 aromatic carbocycles. The Morgan fingerprint density at radius 2 is 2.12 bits per heavy atom. The second-order valence-corrected chi connectivity index (χ2v) is 7.29. The zero-order valence-corrected chi connectivity index (χ0v) is 15.2. The van der Waals surface area contributed by atoms with E-state index in [2.05, 4.69) is 41.9 Å². The van der Waals surface area contributed by atoms with Crippen LogP contribution in [-0.2, 0) is 7.05 Å². The number of aromatic nitrogens is 5. The molecule has 2 aromatic rings. The van der Waals surface area contributed by atoms with E-state index < -0.39 is 0 Å². The first kappa shape index (κ1) is 16.8. The molecule has 2 atom stereocenters. The molecule has 4 heterocycles. The van der Waals surface area contributed by atoms with Gasteiger partial charge in [0.25, 0.3) is 0 Å². The van der Waals surface area contributed by atoms with Crippen LogP contribution in [0.2, 0.25) is 0 Å². The van der Waals surface area contributed by atoms with E-state index in [0.29, 0.717) is 36.4 Å². The van der Waals surface area contributed by atoms with Crippen molar-refractivity contribution < 1.29 is 0 Å². The highest BCUT2D eigenvalue weighted by Crippen LogP contribution is 2.36. The molecule has 2 saturated heterocycles. The summed E-state index contributed by atoms with van der Waals surface area (Å²) in [5, 5.41) is 27.1. The number of fused-ring (bicyclic) bond motifs is 2. The Balaban J connectivity index is 1.38. The zero-order valence-electron chi connectivity index (χ0n) is 15.2. The number of aromatic amines is 1. The third-order valence-corrected chi connectivity index (χ3v) is 5.41. The molecule has 2 aromatic heterocycles. The van der Waals surface area contributed by atoms with Crippen LogP contribution < -0.4 is 10.6 Å². The van der Waals surface area contributed by atoms with Gasteiger partial charge in [-0.1, -0.05) is 0 Å². The molecule has 0 spiro atoms. The summed E-state index contributed by atoms with van der Waals surface area (Å²) in [7, 11) is 1.87. The molecule has 9 nitrogen and oxygen atoms in total. The highest BCUT2D eigenvalue weighted by molar-refractivity contribution is 5.50. The molecule has 2 bridgehead atoms. The number of hydrogen-bond acceptors (Lipinski definition) is 7. The van der Waals surface area contributed by atoms with Gasteiger partial charge in [-0.25, -0.2) is 4.68 Å². The van der Waals surface area contributed by atoms with Crippen LogP contribution in [0.4, 0.5) is 17.7 Å². The third-order valence-electron chi connectivity index (χ3n) is 5.41. The first-order chi connectivity index (χ1) is 12.6. The lowest BCUT2D eigenvalue weighted by Crippen LogP contribution is -2.47. The van der Waals surface area contributed by atoms with Crippen LogP contribution in [-0.4, -0.2) is 54.5 Å². The number of H-pyrrole nitrogens is 1. The monoisotopic (exact) mass is 355 g/mol. The molecule has 2 fully saturated rings. The molecule has 9 heteroatoms. The lowest BCUT2D eigenvalue weighted by molar-refractivity contribution is 0.135. The van der Waals surface area contributed by atoms with Crippen molar-refractivity contribution in [2.45, 2.75) is 57.2 Å². The van der Waals surface area contributed by atoms with Crippen LogP contribution in [0, 0.1) is 18.3 Å². The Bertz CT molecular complexity index is 788. The number of rotatable bonds is 6. The average molecular weight is 355 g/mol. The number of nitrogens with one attached hydrogen (secondary N) is 3. The molecule has 0 radical (unpaired) electrons. The van der Waals surface area contributed by atoms with Gasteiger partial charge in [-0.15, -0.1) is 5.10 Å². The fourth-order valence-corrected chi connectivity index (χ4v) is 4.27. The van der Waals surface area contributed by atoms with Crippen molar-refractivity contribution in [2.75, 3.05) is 17.2 Å². The number of anilines is 3. The van der Waals surface area contributed by atoms with Crippen molar-refractivity contribution in [1.29, 1.82) is 5.26 Å². The zero-order chi connectivity index (χ0) is 18.1. The fraction of sp³-hybridized carbons (Fsp3) is 0.647. The van der Waals surface area contributed by atoms with Gasteiger partial charge in [0, 0.05) is 49.9 Å². The van der Waals surface area contributed by atoms with Gasteiger partial charge in [0.15, 0.2) is 5.82 Å². The van der Waals surface area contributed by atoms with Crippen LogP contribution in [0.5, 0.6) is 0 Å². The Labute approximate surface area is 152 Å². The molecule has 0 saturated carbocycles. The number of aryl methyl sites for hydroxylation is 2. The van der Waals surface area contributed by atoms with Gasteiger partial charge in [-0.05, 0) is 32.6 Å². The van der Waals surface area contributed by atoms with E-state index in [-0.39, 0.29) is 0 Å². The Kier molecular flexibility index (Phi) is 4.51. The maximum absolute atomic E-state index is 8.85. The molecule has 2 aliphatic heterocycles. The third kappa shape index (κ3) is 3.37. The quantitative estimate of drug-likeness (QED) is 0.726. The number of nitrogens with zero attached hydrogens (tertiary/aromatic N) is 6. The molecule has 0 amide bonds. The largest absolute Gasteiger partial charge is 0.350 e. The molecule has 3 N–H and O–H groups in total. The molecule has 0 aliphatic carbocycles. The minimum Gasteiger partial charge on any atom is -0.350 e. The maximum atomic E-state index is 8.85. The van der Waals surface area contributed by atoms with Crippen LogP contribution in [0.1, 0.15) is 37.8 Å². The summed E-state index contributed by atoms with van der Waals surface area (Å²) in [6, 6.07) is 5.73. The second kappa shape index (κ2) is 6.96. The molecule has 4 rings (SSSR count). The van der Waals surface area contributed by atoms with Crippen molar-refractivity contribution in [3.63, 3.8) is 0 Å². The normalized spacial score (nSPS) is 25.2. The van der Waals surface area contributed by atoms with E-state index in [1.165, 1.54) is 12.8 Å². The Morgan fingerprint density at radius 1 is 1.35 bits per heavy atom. The second-order valence-electron chi connectivity index (χ2n) is 7.29. The lowest BCUT2D eigenvalue weighted by Gasteiger charge is -2.38. The van der Waals surface area contributed by atoms with E-state index in [1.807, 2.05) is 20.0 Å². The van der Waals surface area contributed by atoms with Crippen LogP contribution in [0.3, 0.4) is 0 Å². The van der Waals surface area contributed by atoms with Crippen LogP contribution >= 0.6 is 0 Å². The standard InChI is InChI=1S/C17H25N9/c1-11-8-15(23-22-11)20-17-21-16(24-25(17)2)19-12-9-13-4-5-14(10-12)26(13)7-3-6-18/h8,12-14H,3-5,7,9-10H2,1-2H3,(H3,19,20,21,22,23,24). The van der Waals surface area contributed by atoms with Gasteiger partial charge in [-0.3, -0.25) is 10.00 Å². The average Bonchev–Trinajstić information content (AvgIpc) is 3.23. The van der Waals surface area contributed by atoms with E-state index in [9.17, 15) is 0 Å². The minimum absolute atomic E-state index is 0.383. The van der Waals surface area contributed by atoms with Crippen LogP contribution in [0.25, 0.3) is 0 Å². The summed E-state index contributed by atoms with van der Waals surface area (Å²) in [5.74, 6) is 2.04. The molecule has 138 valence electrons. The van der Waals surface area contributed by atoms with Gasteiger partial charge in [0.1, 0.15) is 0 Å². The molecule has 2 aliphatic rings. The Hall–Kier alpha value is -2.60. The number of piperidine rings is 1. The summed E-state index contributed by atoms with van der Waals surface area (Å²) in [4.78, 5) is 7.09. The maximum Gasteiger partial charge on any atom is 0.244 e. The SMILES string of the molecule is Cc1cc(Nc2nc(NC3CC4CCC(C3)N4CCC#N)nn2C)n[nH]1. The van der Waals surface area contributed by atoms with Gasteiger partial charge < -0.3 is 10.6 Å². The first-order valence-corrected chi connectivity index (χ1v) is 9.21. The minimum atomic E-state index is 0.383. The number of hydrogen-bond donors (Lipinski definition) is 3. The van der Waals surface area contributed by atoms with Gasteiger partial charge >= 0.3 is 0 Å². The Morgan fingerprint density at radius 3 is 2.77 bits per heavy atom. The number of nitriles is 1. The van der Waals surface area contributed by atoms with Crippen molar-refractivity contribution in [3.8, 4) is 6.07 Å². The van der Waals surface area contributed by atoms with Crippen LogP contribution in [0.15, 0.2) is 6.07 Å². The van der Waals surface area contributed by atoms with E-state index in [0.717, 1.165) is 30.9 Å². The highest BCUT2D eigenvalue weighted by Gasteiger charge is 2.40. The predicted octanol–water partition coefficient (Wildman–Crippen LogP) is 1.91. The summed E-state index contributed by atoms with van der Waals surface area (Å²) in [5.41, 5.74) is 0.992. The smallest absolute Gasteiger partial charge is 0.244 e. The molecular weight excluding hydrogens is 330 g/mol. The summed E-state index contributed by atoms with van der Waals surface area (Å²) in [6.45, 7) is 2.86.